The first-order valence-electron chi connectivity index (χ1n) is 5.98. The standard InChI is InChI=1S/C13H20N2O2/c1-4-6-11(17-5-2)12(16)10-7-9(3)8-15-13(10)14/h7-8,11H,4-6H2,1-3H3,(H2,14,15). The highest BCUT2D eigenvalue weighted by molar-refractivity contribution is 6.03. The first-order valence-corrected chi connectivity index (χ1v) is 5.98. The van der Waals surface area contributed by atoms with Crippen LogP contribution < -0.4 is 5.73 Å². The molecule has 1 unspecified atom stereocenters. The average molecular weight is 236 g/mol. The number of aromatic nitrogens is 1. The smallest absolute Gasteiger partial charge is 0.195 e. The van der Waals surface area contributed by atoms with Gasteiger partial charge in [0.1, 0.15) is 11.9 Å². The number of Topliss-reactive ketones (excluding diaryl/α,β-unsaturated/α-hetero) is 1. The zero-order chi connectivity index (χ0) is 12.8. The zero-order valence-corrected chi connectivity index (χ0v) is 10.7. The second kappa shape index (κ2) is 6.35. The van der Waals surface area contributed by atoms with Crippen LogP contribution in [0.4, 0.5) is 5.82 Å². The van der Waals surface area contributed by atoms with E-state index >= 15 is 0 Å². The summed E-state index contributed by atoms with van der Waals surface area (Å²) in [5.74, 6) is 0.212. The summed E-state index contributed by atoms with van der Waals surface area (Å²) in [6.45, 7) is 6.32. The molecule has 0 amide bonds. The highest BCUT2D eigenvalue weighted by Gasteiger charge is 2.22. The van der Waals surface area contributed by atoms with Crippen LogP contribution >= 0.6 is 0 Å². The molecule has 4 heteroatoms. The van der Waals surface area contributed by atoms with Crippen LogP contribution in [0.5, 0.6) is 0 Å². The van der Waals surface area contributed by atoms with Crippen molar-refractivity contribution in [3.05, 3.63) is 23.4 Å². The maximum absolute atomic E-state index is 12.3. The lowest BCUT2D eigenvalue weighted by atomic mass is 10.0. The number of aryl methyl sites for hydroxylation is 1. The SMILES string of the molecule is CCCC(OCC)C(=O)c1cc(C)cnc1N. The van der Waals surface area contributed by atoms with E-state index in [0.717, 1.165) is 12.0 Å². The summed E-state index contributed by atoms with van der Waals surface area (Å²) in [4.78, 5) is 16.3. The molecule has 0 aliphatic carbocycles. The molecule has 0 saturated carbocycles. The van der Waals surface area contributed by atoms with Crippen LogP contribution in [0.25, 0.3) is 0 Å². The molecule has 0 spiro atoms. The molecule has 0 aliphatic rings. The van der Waals surface area contributed by atoms with Crippen molar-refractivity contribution < 1.29 is 9.53 Å². The van der Waals surface area contributed by atoms with Crippen LogP contribution in [-0.2, 0) is 4.74 Å². The Morgan fingerprint density at radius 2 is 2.24 bits per heavy atom. The van der Waals surface area contributed by atoms with Crippen LogP contribution in [0.1, 0.15) is 42.6 Å². The van der Waals surface area contributed by atoms with E-state index in [0.29, 0.717) is 18.6 Å². The molecule has 17 heavy (non-hydrogen) atoms. The van der Waals surface area contributed by atoms with E-state index in [1.54, 1.807) is 12.3 Å². The third-order valence-corrected chi connectivity index (χ3v) is 2.53. The molecule has 4 nitrogen and oxygen atoms in total. The Bertz CT molecular complexity index is 385. The molecule has 2 N–H and O–H groups in total. The van der Waals surface area contributed by atoms with Gasteiger partial charge in [-0.3, -0.25) is 4.79 Å². The van der Waals surface area contributed by atoms with Gasteiger partial charge in [-0.1, -0.05) is 13.3 Å². The van der Waals surface area contributed by atoms with Gasteiger partial charge in [0, 0.05) is 12.8 Å². The number of anilines is 1. The molecule has 0 radical (unpaired) electrons. The van der Waals surface area contributed by atoms with Gasteiger partial charge in [-0.25, -0.2) is 4.98 Å². The molecular formula is C13H20N2O2. The van der Waals surface area contributed by atoms with Crippen molar-refractivity contribution in [3.8, 4) is 0 Å². The summed E-state index contributed by atoms with van der Waals surface area (Å²) in [5, 5.41) is 0. The van der Waals surface area contributed by atoms with Gasteiger partial charge in [0.2, 0.25) is 0 Å². The Morgan fingerprint density at radius 3 is 2.82 bits per heavy atom. The predicted octanol–water partition coefficient (Wildman–Crippen LogP) is 2.36. The van der Waals surface area contributed by atoms with Crippen LogP contribution in [0, 0.1) is 6.92 Å². The Kier molecular flexibility index (Phi) is 5.10. The summed E-state index contributed by atoms with van der Waals surface area (Å²) >= 11 is 0. The van der Waals surface area contributed by atoms with E-state index in [1.165, 1.54) is 0 Å². The second-order valence-corrected chi connectivity index (χ2v) is 4.04. The van der Waals surface area contributed by atoms with Gasteiger partial charge in [0.15, 0.2) is 5.78 Å². The van der Waals surface area contributed by atoms with Gasteiger partial charge in [-0.2, -0.15) is 0 Å². The number of carbonyl (C=O) groups excluding carboxylic acids is 1. The third kappa shape index (κ3) is 3.53. The van der Waals surface area contributed by atoms with Crippen molar-refractivity contribution in [2.24, 2.45) is 0 Å². The van der Waals surface area contributed by atoms with Crippen LogP contribution in [0.3, 0.4) is 0 Å². The highest BCUT2D eigenvalue weighted by atomic mass is 16.5. The summed E-state index contributed by atoms with van der Waals surface area (Å²) in [7, 11) is 0. The highest BCUT2D eigenvalue weighted by Crippen LogP contribution is 2.16. The molecule has 0 bridgehead atoms. The molecule has 0 fully saturated rings. The number of hydrogen-bond acceptors (Lipinski definition) is 4. The van der Waals surface area contributed by atoms with Gasteiger partial charge in [0.05, 0.1) is 5.56 Å². The fourth-order valence-electron chi connectivity index (χ4n) is 1.70. The number of carbonyl (C=O) groups is 1. The minimum Gasteiger partial charge on any atom is -0.383 e. The van der Waals surface area contributed by atoms with E-state index in [-0.39, 0.29) is 11.6 Å². The summed E-state index contributed by atoms with van der Waals surface area (Å²) < 4.78 is 5.46. The van der Waals surface area contributed by atoms with Gasteiger partial charge in [0.25, 0.3) is 0 Å². The monoisotopic (exact) mass is 236 g/mol. The molecular weight excluding hydrogens is 216 g/mol. The van der Waals surface area contributed by atoms with E-state index < -0.39 is 6.10 Å². The molecule has 1 aromatic heterocycles. The number of rotatable bonds is 6. The van der Waals surface area contributed by atoms with Gasteiger partial charge >= 0.3 is 0 Å². The van der Waals surface area contributed by atoms with Crippen molar-refractivity contribution in [2.45, 2.75) is 39.7 Å². The average Bonchev–Trinajstić information content (AvgIpc) is 2.31. The first kappa shape index (κ1) is 13.6. The van der Waals surface area contributed by atoms with Crippen LogP contribution in [-0.4, -0.2) is 23.5 Å². The summed E-state index contributed by atoms with van der Waals surface area (Å²) in [6.07, 6.45) is 2.85. The largest absolute Gasteiger partial charge is 0.383 e. The number of hydrogen-bond donors (Lipinski definition) is 1. The Balaban J connectivity index is 2.95. The van der Waals surface area contributed by atoms with Crippen molar-refractivity contribution in [3.63, 3.8) is 0 Å². The third-order valence-electron chi connectivity index (χ3n) is 2.53. The minimum absolute atomic E-state index is 0.0672. The minimum atomic E-state index is -0.407. The van der Waals surface area contributed by atoms with Gasteiger partial charge in [-0.15, -0.1) is 0 Å². The van der Waals surface area contributed by atoms with E-state index in [9.17, 15) is 4.79 Å². The fourth-order valence-corrected chi connectivity index (χ4v) is 1.70. The molecule has 0 aliphatic heterocycles. The summed E-state index contributed by atoms with van der Waals surface area (Å²) in [6, 6.07) is 1.77. The predicted molar refractivity (Wildman–Crippen MR) is 68.0 cm³/mol. The Hall–Kier alpha value is -1.42. The molecule has 1 aromatic rings. The lowest BCUT2D eigenvalue weighted by Crippen LogP contribution is -2.25. The van der Waals surface area contributed by atoms with Crippen LogP contribution in [0.15, 0.2) is 12.3 Å². The second-order valence-electron chi connectivity index (χ2n) is 4.04. The molecule has 0 saturated heterocycles. The maximum Gasteiger partial charge on any atom is 0.195 e. The van der Waals surface area contributed by atoms with Gasteiger partial charge in [-0.05, 0) is 31.9 Å². The number of nitrogens with two attached hydrogens (primary N) is 1. The molecule has 1 rings (SSSR count). The van der Waals surface area contributed by atoms with Crippen molar-refractivity contribution in [2.75, 3.05) is 12.3 Å². The number of nitrogens with zero attached hydrogens (tertiary/aromatic N) is 1. The molecule has 1 heterocycles. The van der Waals surface area contributed by atoms with E-state index in [4.69, 9.17) is 10.5 Å². The molecule has 94 valence electrons. The lowest BCUT2D eigenvalue weighted by Gasteiger charge is -2.16. The fraction of sp³-hybridized carbons (Fsp3) is 0.538. The number of ether oxygens (including phenoxy) is 1. The molecule has 0 aromatic carbocycles. The lowest BCUT2D eigenvalue weighted by molar-refractivity contribution is 0.0423. The number of pyridine rings is 1. The number of ketones is 1. The topological polar surface area (TPSA) is 65.2 Å². The van der Waals surface area contributed by atoms with Crippen molar-refractivity contribution in [1.82, 2.24) is 4.98 Å². The number of nitrogen functional groups attached to an aromatic ring is 1. The van der Waals surface area contributed by atoms with Crippen molar-refractivity contribution >= 4 is 11.6 Å². The Morgan fingerprint density at radius 1 is 1.53 bits per heavy atom. The van der Waals surface area contributed by atoms with E-state index in [2.05, 4.69) is 4.98 Å². The normalized spacial score (nSPS) is 12.4. The quantitative estimate of drug-likeness (QED) is 0.770. The Labute approximate surface area is 102 Å². The maximum atomic E-state index is 12.3. The molecule has 1 atom stereocenters. The van der Waals surface area contributed by atoms with Gasteiger partial charge < -0.3 is 10.5 Å². The summed E-state index contributed by atoms with van der Waals surface area (Å²) in [5.41, 5.74) is 7.13. The van der Waals surface area contributed by atoms with Crippen LogP contribution in [0.2, 0.25) is 0 Å². The van der Waals surface area contributed by atoms with Crippen molar-refractivity contribution in [1.29, 1.82) is 0 Å². The van der Waals surface area contributed by atoms with E-state index in [1.807, 2.05) is 20.8 Å². The zero-order valence-electron chi connectivity index (χ0n) is 10.7. The first-order chi connectivity index (χ1) is 8.10.